The van der Waals surface area contributed by atoms with Gasteiger partial charge in [-0.3, -0.25) is 14.2 Å². The van der Waals surface area contributed by atoms with E-state index in [-0.39, 0.29) is 11.3 Å². The Morgan fingerprint density at radius 3 is 2.54 bits per heavy atom. The summed E-state index contributed by atoms with van der Waals surface area (Å²) in [7, 11) is 0. The Kier molecular flexibility index (Phi) is 4.81. The summed E-state index contributed by atoms with van der Waals surface area (Å²) >= 11 is 1.31. The molecule has 0 saturated heterocycles. The van der Waals surface area contributed by atoms with Crippen molar-refractivity contribution in [1.82, 2.24) is 9.55 Å². The number of carbonyl (C=O) groups excluding carboxylic acids is 1. The maximum absolute atomic E-state index is 12.9. The van der Waals surface area contributed by atoms with Crippen molar-refractivity contribution >= 4 is 28.4 Å². The maximum atomic E-state index is 12.9. The second kappa shape index (κ2) is 7.01. The summed E-state index contributed by atoms with van der Waals surface area (Å²) in [4.78, 5) is 28.8. The second-order valence-corrected chi connectivity index (χ2v) is 6.72. The first-order valence-corrected chi connectivity index (χ1v) is 8.70. The number of rotatable bonds is 5. The first-order valence-electron chi connectivity index (χ1n) is 7.72. The van der Waals surface area contributed by atoms with E-state index in [9.17, 15) is 9.59 Å². The van der Waals surface area contributed by atoms with Crippen molar-refractivity contribution in [2.75, 3.05) is 5.75 Å². The molecular formula is C19H18N2O2S. The van der Waals surface area contributed by atoms with Gasteiger partial charge in [-0.15, -0.1) is 0 Å². The Labute approximate surface area is 144 Å². The summed E-state index contributed by atoms with van der Waals surface area (Å²) in [5, 5.41) is 1.17. The quantitative estimate of drug-likeness (QED) is 0.528. The number of thioether (sulfide) groups is 1. The molecule has 0 N–H and O–H groups in total. The number of aryl methyl sites for hydroxylation is 1. The third kappa shape index (κ3) is 3.57. The summed E-state index contributed by atoms with van der Waals surface area (Å²) in [5.74, 6) is 0.364. The van der Waals surface area contributed by atoms with Crippen LogP contribution in [0, 0.1) is 6.92 Å². The molecule has 5 heteroatoms. The second-order valence-electron chi connectivity index (χ2n) is 5.78. The highest BCUT2D eigenvalue weighted by molar-refractivity contribution is 7.99. The Hall–Kier alpha value is -2.40. The summed E-state index contributed by atoms with van der Waals surface area (Å²) in [6, 6.07) is 15.4. The molecule has 0 unspecified atom stereocenters. The van der Waals surface area contributed by atoms with Gasteiger partial charge in [0.1, 0.15) is 5.78 Å². The maximum Gasteiger partial charge on any atom is 0.262 e. The number of nitrogens with zero attached hydrogens (tertiary/aromatic N) is 2. The summed E-state index contributed by atoms with van der Waals surface area (Å²) < 4.78 is 1.65. The van der Waals surface area contributed by atoms with Gasteiger partial charge in [-0.05, 0) is 31.5 Å². The molecule has 0 amide bonds. The van der Waals surface area contributed by atoms with Crippen molar-refractivity contribution < 1.29 is 4.79 Å². The normalized spacial score (nSPS) is 10.9. The molecular weight excluding hydrogens is 320 g/mol. The minimum Gasteiger partial charge on any atom is -0.299 e. The highest BCUT2D eigenvalue weighted by Gasteiger charge is 2.12. The smallest absolute Gasteiger partial charge is 0.262 e. The van der Waals surface area contributed by atoms with E-state index in [1.54, 1.807) is 10.6 Å². The van der Waals surface area contributed by atoms with Crippen molar-refractivity contribution in [3.8, 4) is 0 Å². The van der Waals surface area contributed by atoms with Crippen molar-refractivity contribution in [3.05, 3.63) is 70.0 Å². The molecule has 0 aliphatic rings. The van der Waals surface area contributed by atoms with Crippen LogP contribution in [0.2, 0.25) is 0 Å². The molecule has 3 rings (SSSR count). The average molecular weight is 338 g/mol. The van der Waals surface area contributed by atoms with Crippen LogP contribution in [0.1, 0.15) is 18.1 Å². The number of benzene rings is 2. The molecule has 0 atom stereocenters. The molecule has 3 aromatic rings. The fraction of sp³-hybridized carbons (Fsp3) is 0.211. The highest BCUT2D eigenvalue weighted by atomic mass is 32.2. The minimum absolute atomic E-state index is 0.0595. The number of fused-ring (bicyclic) bond motifs is 1. The first-order chi connectivity index (χ1) is 11.5. The van der Waals surface area contributed by atoms with Crippen LogP contribution in [-0.4, -0.2) is 21.1 Å². The molecule has 1 heterocycles. The SMILES string of the molecule is CC(=O)CSc1nc2ccccc2c(=O)n1Cc1ccc(C)cc1. The molecule has 0 fully saturated rings. The summed E-state index contributed by atoms with van der Waals surface area (Å²) in [6.45, 7) is 4.01. The van der Waals surface area contributed by atoms with Gasteiger partial charge >= 0.3 is 0 Å². The van der Waals surface area contributed by atoms with Crippen LogP contribution in [-0.2, 0) is 11.3 Å². The van der Waals surface area contributed by atoms with Gasteiger partial charge in [-0.2, -0.15) is 0 Å². The van der Waals surface area contributed by atoms with Crippen LogP contribution >= 0.6 is 11.8 Å². The molecule has 4 nitrogen and oxygen atoms in total. The van der Waals surface area contributed by atoms with Crippen LogP contribution in [0.25, 0.3) is 10.9 Å². The number of hydrogen-bond acceptors (Lipinski definition) is 4. The fourth-order valence-electron chi connectivity index (χ4n) is 2.44. The van der Waals surface area contributed by atoms with Crippen molar-refractivity contribution in [1.29, 1.82) is 0 Å². The van der Waals surface area contributed by atoms with Crippen molar-refractivity contribution in [3.63, 3.8) is 0 Å². The number of para-hydroxylation sites is 1. The van der Waals surface area contributed by atoms with Crippen LogP contribution in [0.3, 0.4) is 0 Å². The van der Waals surface area contributed by atoms with E-state index in [2.05, 4.69) is 4.98 Å². The Morgan fingerprint density at radius 1 is 1.12 bits per heavy atom. The molecule has 0 spiro atoms. The monoisotopic (exact) mass is 338 g/mol. The van der Waals surface area contributed by atoms with E-state index in [1.807, 2.05) is 49.4 Å². The van der Waals surface area contributed by atoms with Gasteiger partial charge in [-0.1, -0.05) is 53.7 Å². The molecule has 0 radical (unpaired) electrons. The number of Topliss-reactive ketones (excluding diaryl/α,β-unsaturated/α-hetero) is 1. The molecule has 0 saturated carbocycles. The van der Waals surface area contributed by atoms with E-state index >= 15 is 0 Å². The standard InChI is InChI=1S/C19H18N2O2S/c1-13-7-9-15(10-8-13)11-21-18(23)16-5-3-4-6-17(16)20-19(21)24-12-14(2)22/h3-10H,11-12H2,1-2H3. The lowest BCUT2D eigenvalue weighted by Gasteiger charge is -2.13. The molecule has 2 aromatic carbocycles. The van der Waals surface area contributed by atoms with E-state index in [4.69, 9.17) is 0 Å². The van der Waals surface area contributed by atoms with Gasteiger partial charge in [0.25, 0.3) is 5.56 Å². The fourth-order valence-corrected chi connectivity index (χ4v) is 3.24. The zero-order valence-electron chi connectivity index (χ0n) is 13.7. The third-order valence-corrected chi connectivity index (χ3v) is 4.81. The molecule has 1 aromatic heterocycles. The van der Waals surface area contributed by atoms with Gasteiger partial charge in [0.2, 0.25) is 0 Å². The number of ketones is 1. The number of carbonyl (C=O) groups is 1. The predicted octanol–water partition coefficient (Wildman–Crippen LogP) is 3.43. The Bertz CT molecular complexity index is 946. The molecule has 0 bridgehead atoms. The molecule has 0 aliphatic carbocycles. The zero-order chi connectivity index (χ0) is 17.1. The van der Waals surface area contributed by atoms with Gasteiger partial charge < -0.3 is 0 Å². The topological polar surface area (TPSA) is 52.0 Å². The largest absolute Gasteiger partial charge is 0.299 e. The average Bonchev–Trinajstić information content (AvgIpc) is 2.57. The van der Waals surface area contributed by atoms with Crippen LogP contribution < -0.4 is 5.56 Å². The number of hydrogen-bond donors (Lipinski definition) is 0. The highest BCUT2D eigenvalue weighted by Crippen LogP contribution is 2.19. The van der Waals surface area contributed by atoms with E-state index < -0.39 is 0 Å². The van der Waals surface area contributed by atoms with Crippen LogP contribution in [0.5, 0.6) is 0 Å². The van der Waals surface area contributed by atoms with Gasteiger partial charge in [0.05, 0.1) is 23.2 Å². The molecule has 0 aliphatic heterocycles. The van der Waals surface area contributed by atoms with E-state index in [0.717, 1.165) is 5.56 Å². The van der Waals surface area contributed by atoms with Crippen molar-refractivity contribution in [2.24, 2.45) is 0 Å². The molecule has 122 valence electrons. The zero-order valence-corrected chi connectivity index (χ0v) is 14.5. The lowest BCUT2D eigenvalue weighted by Crippen LogP contribution is -2.24. The predicted molar refractivity (Wildman–Crippen MR) is 97.7 cm³/mol. The van der Waals surface area contributed by atoms with Crippen molar-refractivity contribution in [2.45, 2.75) is 25.5 Å². The Balaban J connectivity index is 2.09. The van der Waals surface area contributed by atoms with E-state index in [1.165, 1.54) is 24.2 Å². The lowest BCUT2D eigenvalue weighted by molar-refractivity contribution is -0.114. The number of aromatic nitrogens is 2. The first kappa shape index (κ1) is 16.5. The molecule has 24 heavy (non-hydrogen) atoms. The summed E-state index contributed by atoms with van der Waals surface area (Å²) in [5.41, 5.74) is 2.79. The van der Waals surface area contributed by atoms with Gasteiger partial charge in [-0.25, -0.2) is 4.98 Å². The van der Waals surface area contributed by atoms with E-state index in [0.29, 0.717) is 28.4 Å². The van der Waals surface area contributed by atoms with Crippen LogP contribution in [0.15, 0.2) is 58.5 Å². The Morgan fingerprint density at radius 2 is 1.83 bits per heavy atom. The minimum atomic E-state index is -0.0766. The van der Waals surface area contributed by atoms with Crippen LogP contribution in [0.4, 0.5) is 0 Å². The third-order valence-electron chi connectivity index (χ3n) is 3.69. The van der Waals surface area contributed by atoms with Gasteiger partial charge in [0.15, 0.2) is 5.16 Å². The summed E-state index contributed by atoms with van der Waals surface area (Å²) in [6.07, 6.45) is 0. The van der Waals surface area contributed by atoms with Gasteiger partial charge in [0, 0.05) is 0 Å². The lowest BCUT2D eigenvalue weighted by atomic mass is 10.1.